The van der Waals surface area contributed by atoms with E-state index >= 15 is 0 Å². The summed E-state index contributed by atoms with van der Waals surface area (Å²) in [5.74, 6) is 2.67. The van der Waals surface area contributed by atoms with E-state index in [4.69, 9.17) is 19.0 Å². The first-order valence-corrected chi connectivity index (χ1v) is 11.6. The lowest BCUT2D eigenvalue weighted by molar-refractivity contribution is 0.174. The van der Waals surface area contributed by atoms with E-state index in [0.717, 1.165) is 24.8 Å². The van der Waals surface area contributed by atoms with E-state index < -0.39 is 0 Å². The van der Waals surface area contributed by atoms with Gasteiger partial charge in [-0.2, -0.15) is 4.98 Å². The first-order chi connectivity index (χ1) is 15.7. The molecule has 1 fully saturated rings. The fourth-order valence-corrected chi connectivity index (χ4v) is 4.68. The molecule has 4 aromatic rings. The van der Waals surface area contributed by atoms with Gasteiger partial charge in [-0.3, -0.25) is 9.36 Å². The molecule has 9 heteroatoms. The Labute approximate surface area is 187 Å². The van der Waals surface area contributed by atoms with Crippen molar-refractivity contribution in [3.8, 4) is 22.9 Å². The summed E-state index contributed by atoms with van der Waals surface area (Å²) in [6, 6.07) is 11.8. The minimum Gasteiger partial charge on any atom is -0.454 e. The van der Waals surface area contributed by atoms with Crippen LogP contribution in [0.1, 0.15) is 37.3 Å². The molecule has 1 aliphatic heterocycles. The summed E-state index contributed by atoms with van der Waals surface area (Å²) in [5.41, 5.74) is 2.72. The van der Waals surface area contributed by atoms with Crippen LogP contribution in [0.25, 0.3) is 22.3 Å². The van der Waals surface area contributed by atoms with E-state index in [9.17, 15) is 4.79 Å². The molecule has 6 rings (SSSR count). The molecule has 0 spiro atoms. The Balaban J connectivity index is 1.29. The van der Waals surface area contributed by atoms with Crippen molar-refractivity contribution in [1.29, 1.82) is 0 Å². The van der Waals surface area contributed by atoms with Gasteiger partial charge in [-0.25, -0.2) is 4.98 Å². The van der Waals surface area contributed by atoms with Crippen molar-refractivity contribution in [2.24, 2.45) is 0 Å². The van der Waals surface area contributed by atoms with Crippen LogP contribution in [0.15, 0.2) is 50.9 Å². The highest BCUT2D eigenvalue weighted by atomic mass is 32.2. The molecule has 2 aromatic heterocycles. The highest BCUT2D eigenvalue weighted by Crippen LogP contribution is 2.39. The maximum absolute atomic E-state index is 13.2. The van der Waals surface area contributed by atoms with Crippen LogP contribution in [-0.4, -0.2) is 26.5 Å². The molecule has 0 saturated heterocycles. The van der Waals surface area contributed by atoms with Gasteiger partial charge in [0.1, 0.15) is 0 Å². The first kappa shape index (κ1) is 19.4. The summed E-state index contributed by atoms with van der Waals surface area (Å²) >= 11 is 1.43. The number of hydrogen-bond acceptors (Lipinski definition) is 8. The lowest BCUT2D eigenvalue weighted by atomic mass is 10.1. The number of benzene rings is 2. The van der Waals surface area contributed by atoms with E-state index in [-0.39, 0.29) is 18.4 Å². The smallest absolute Gasteiger partial charge is 0.262 e. The second-order valence-corrected chi connectivity index (χ2v) is 8.82. The molecule has 162 valence electrons. The zero-order valence-corrected chi connectivity index (χ0v) is 18.2. The maximum atomic E-state index is 13.2. The van der Waals surface area contributed by atoms with Gasteiger partial charge in [-0.15, -0.1) is 0 Å². The SMILES string of the molecule is CCc1ccc(-c2noc(CSc3nc4cc5c(cc4c(=O)n3C3CC3)OCO5)n2)cc1. The zero-order chi connectivity index (χ0) is 21.7. The molecule has 1 aliphatic carbocycles. The lowest BCUT2D eigenvalue weighted by Crippen LogP contribution is -2.22. The molecule has 0 unspecified atom stereocenters. The predicted molar refractivity (Wildman–Crippen MR) is 119 cm³/mol. The maximum Gasteiger partial charge on any atom is 0.262 e. The molecule has 3 heterocycles. The van der Waals surface area contributed by atoms with Crippen molar-refractivity contribution in [2.45, 2.75) is 43.1 Å². The van der Waals surface area contributed by atoms with E-state index in [2.05, 4.69) is 29.2 Å². The Morgan fingerprint density at radius 1 is 1.09 bits per heavy atom. The van der Waals surface area contributed by atoms with Crippen LogP contribution in [0.2, 0.25) is 0 Å². The normalized spacial score (nSPS) is 14.9. The molecule has 1 saturated carbocycles. The van der Waals surface area contributed by atoms with E-state index in [1.165, 1.54) is 17.3 Å². The second kappa shape index (κ2) is 7.67. The van der Waals surface area contributed by atoms with Crippen molar-refractivity contribution >= 4 is 22.7 Å². The van der Waals surface area contributed by atoms with Crippen molar-refractivity contribution in [2.75, 3.05) is 6.79 Å². The van der Waals surface area contributed by atoms with Crippen LogP contribution < -0.4 is 15.0 Å². The zero-order valence-electron chi connectivity index (χ0n) is 17.4. The standard InChI is InChI=1S/C23H20N4O4S/c1-2-13-3-5-14(6-4-13)21-25-20(31-26-21)11-32-23-24-17-10-19-18(29-12-30-19)9-16(17)22(28)27(23)15-7-8-15/h3-6,9-10,15H,2,7-8,11-12H2,1H3. The van der Waals surface area contributed by atoms with Crippen molar-refractivity contribution < 1.29 is 14.0 Å². The highest BCUT2D eigenvalue weighted by molar-refractivity contribution is 7.98. The highest BCUT2D eigenvalue weighted by Gasteiger charge is 2.29. The molecule has 0 atom stereocenters. The third-order valence-electron chi connectivity index (χ3n) is 5.69. The topological polar surface area (TPSA) is 92.3 Å². The largest absolute Gasteiger partial charge is 0.454 e. The van der Waals surface area contributed by atoms with Crippen LogP contribution in [0.5, 0.6) is 11.5 Å². The summed E-state index contributed by atoms with van der Waals surface area (Å²) in [4.78, 5) is 22.5. The molecule has 0 radical (unpaired) electrons. The van der Waals surface area contributed by atoms with Gasteiger partial charge in [0, 0.05) is 17.7 Å². The summed E-state index contributed by atoms with van der Waals surface area (Å²) in [6.07, 6.45) is 2.94. The van der Waals surface area contributed by atoms with Crippen LogP contribution in [-0.2, 0) is 12.2 Å². The van der Waals surface area contributed by atoms with E-state index in [0.29, 0.717) is 45.0 Å². The van der Waals surface area contributed by atoms with Crippen LogP contribution in [0.4, 0.5) is 0 Å². The fraction of sp³-hybridized carbons (Fsp3) is 0.304. The first-order valence-electron chi connectivity index (χ1n) is 10.6. The molecule has 8 nitrogen and oxygen atoms in total. The van der Waals surface area contributed by atoms with Crippen LogP contribution in [0.3, 0.4) is 0 Å². The minimum atomic E-state index is -0.0551. The fourth-order valence-electron chi connectivity index (χ4n) is 3.77. The van der Waals surface area contributed by atoms with Gasteiger partial charge < -0.3 is 14.0 Å². The van der Waals surface area contributed by atoms with Gasteiger partial charge in [-0.1, -0.05) is 48.1 Å². The number of thioether (sulfide) groups is 1. The number of aromatic nitrogens is 4. The molecule has 2 aromatic carbocycles. The van der Waals surface area contributed by atoms with Gasteiger partial charge in [0.2, 0.25) is 18.5 Å². The van der Waals surface area contributed by atoms with Crippen molar-refractivity contribution in [1.82, 2.24) is 19.7 Å². The predicted octanol–water partition coefficient (Wildman–Crippen LogP) is 4.36. The van der Waals surface area contributed by atoms with Gasteiger partial charge in [0.05, 0.1) is 16.7 Å². The van der Waals surface area contributed by atoms with E-state index in [1.807, 2.05) is 12.1 Å². The molecular weight excluding hydrogens is 428 g/mol. The van der Waals surface area contributed by atoms with E-state index in [1.54, 1.807) is 16.7 Å². The number of nitrogens with zero attached hydrogens (tertiary/aromatic N) is 4. The third-order valence-corrected chi connectivity index (χ3v) is 6.62. The number of aryl methyl sites for hydroxylation is 1. The second-order valence-electron chi connectivity index (χ2n) is 7.87. The van der Waals surface area contributed by atoms with Crippen molar-refractivity contribution in [3.05, 3.63) is 58.2 Å². The summed E-state index contributed by atoms with van der Waals surface area (Å²) in [5, 5.41) is 5.30. The van der Waals surface area contributed by atoms with Crippen LogP contribution in [0, 0.1) is 0 Å². The molecule has 32 heavy (non-hydrogen) atoms. The summed E-state index contributed by atoms with van der Waals surface area (Å²) in [7, 11) is 0. The Bertz CT molecular complexity index is 1380. The molecular formula is C23H20N4O4S. The number of rotatable bonds is 6. The third kappa shape index (κ3) is 3.42. The monoisotopic (exact) mass is 448 g/mol. The quantitative estimate of drug-likeness (QED) is 0.317. The average Bonchev–Trinajstić information content (AvgIpc) is 3.35. The number of hydrogen-bond donors (Lipinski definition) is 0. The number of ether oxygens (including phenoxy) is 2. The molecule has 0 bridgehead atoms. The summed E-state index contributed by atoms with van der Waals surface area (Å²) < 4.78 is 18.1. The van der Waals surface area contributed by atoms with Gasteiger partial charge in [-0.05, 0) is 30.9 Å². The molecule has 0 N–H and O–H groups in total. The van der Waals surface area contributed by atoms with Gasteiger partial charge in [0.25, 0.3) is 5.56 Å². The Kier molecular flexibility index (Phi) is 4.64. The van der Waals surface area contributed by atoms with Crippen molar-refractivity contribution in [3.63, 3.8) is 0 Å². The van der Waals surface area contributed by atoms with Gasteiger partial charge >= 0.3 is 0 Å². The minimum absolute atomic E-state index is 0.0551. The molecule has 2 aliphatic rings. The number of fused-ring (bicyclic) bond motifs is 2. The molecule has 0 amide bonds. The average molecular weight is 449 g/mol. The van der Waals surface area contributed by atoms with Crippen LogP contribution >= 0.6 is 11.8 Å². The Morgan fingerprint density at radius 2 is 1.88 bits per heavy atom. The lowest BCUT2D eigenvalue weighted by Gasteiger charge is -2.12. The Hall–Kier alpha value is -3.33. The summed E-state index contributed by atoms with van der Waals surface area (Å²) in [6.45, 7) is 2.28. The Morgan fingerprint density at radius 3 is 2.62 bits per heavy atom. The van der Waals surface area contributed by atoms with Gasteiger partial charge in [0.15, 0.2) is 16.7 Å².